The Labute approximate surface area is 241 Å². The van der Waals surface area contributed by atoms with E-state index in [1.54, 1.807) is 42.5 Å². The maximum absolute atomic E-state index is 13.9. The molecule has 3 amide bonds. The summed E-state index contributed by atoms with van der Waals surface area (Å²) in [5.41, 5.74) is 3.66. The lowest BCUT2D eigenvalue weighted by Gasteiger charge is -2.28. The van der Waals surface area contributed by atoms with Gasteiger partial charge >= 0.3 is 0 Å². The number of amides is 3. The van der Waals surface area contributed by atoms with Crippen molar-refractivity contribution in [2.45, 2.75) is 19.0 Å². The predicted octanol–water partition coefficient (Wildman–Crippen LogP) is 5.49. The van der Waals surface area contributed by atoms with Crippen molar-refractivity contribution in [3.05, 3.63) is 108 Å². The van der Waals surface area contributed by atoms with Crippen LogP contribution in [0.3, 0.4) is 0 Å². The molecule has 0 saturated carbocycles. The van der Waals surface area contributed by atoms with Gasteiger partial charge in [-0.3, -0.25) is 14.4 Å². The lowest BCUT2D eigenvalue weighted by molar-refractivity contribution is -0.122. The molecule has 9 nitrogen and oxygen atoms in total. The SMILES string of the molecule is COc1ccc(C(=O)N(Cc2ccccc2)C2CC(=O)N(c3ccc(-c4nc5ccccc5o4)cc3)C2=O)cc1OC. The molecule has 0 spiro atoms. The zero-order valence-electron chi connectivity index (χ0n) is 23.0. The van der Waals surface area contributed by atoms with Gasteiger partial charge < -0.3 is 18.8 Å². The van der Waals surface area contributed by atoms with Crippen molar-refractivity contribution in [2.24, 2.45) is 0 Å². The number of fused-ring (bicyclic) bond motifs is 1. The first kappa shape index (κ1) is 26.8. The van der Waals surface area contributed by atoms with E-state index in [1.165, 1.54) is 19.1 Å². The van der Waals surface area contributed by atoms with Crippen molar-refractivity contribution >= 4 is 34.5 Å². The second kappa shape index (κ2) is 11.2. The second-order valence-electron chi connectivity index (χ2n) is 9.81. The number of hydrogen-bond acceptors (Lipinski definition) is 7. The van der Waals surface area contributed by atoms with Gasteiger partial charge in [-0.05, 0) is 60.2 Å². The minimum Gasteiger partial charge on any atom is -0.493 e. The molecular formula is C33H27N3O6. The van der Waals surface area contributed by atoms with E-state index in [0.29, 0.717) is 39.8 Å². The molecule has 0 N–H and O–H groups in total. The molecule has 1 aliphatic rings. The van der Waals surface area contributed by atoms with E-state index in [9.17, 15) is 14.4 Å². The van der Waals surface area contributed by atoms with Crippen LogP contribution in [0.4, 0.5) is 5.69 Å². The predicted molar refractivity (Wildman–Crippen MR) is 156 cm³/mol. The Morgan fingerprint density at radius 1 is 0.905 bits per heavy atom. The van der Waals surface area contributed by atoms with Gasteiger partial charge in [-0.25, -0.2) is 9.88 Å². The molecular weight excluding hydrogens is 534 g/mol. The number of oxazole rings is 1. The third-order valence-corrected chi connectivity index (χ3v) is 7.25. The molecule has 1 saturated heterocycles. The van der Waals surface area contributed by atoms with Crippen LogP contribution in [0.2, 0.25) is 0 Å². The van der Waals surface area contributed by atoms with Gasteiger partial charge in [0.1, 0.15) is 11.6 Å². The molecule has 9 heteroatoms. The third-order valence-electron chi connectivity index (χ3n) is 7.25. The minimum absolute atomic E-state index is 0.141. The summed E-state index contributed by atoms with van der Waals surface area (Å²) in [5.74, 6) is 0.0336. The Balaban J connectivity index is 1.30. The van der Waals surface area contributed by atoms with Gasteiger partial charge in [0.15, 0.2) is 17.1 Å². The fourth-order valence-corrected chi connectivity index (χ4v) is 5.12. The summed E-state index contributed by atoms with van der Waals surface area (Å²) in [6.45, 7) is 0.141. The number of ether oxygens (including phenoxy) is 2. The molecule has 5 aromatic rings. The average molecular weight is 562 g/mol. The molecule has 2 heterocycles. The number of methoxy groups -OCH3 is 2. The summed E-state index contributed by atoms with van der Waals surface area (Å²) in [5, 5.41) is 0. The summed E-state index contributed by atoms with van der Waals surface area (Å²) in [6, 6.07) is 27.5. The normalized spacial score (nSPS) is 14.8. The number of para-hydroxylation sites is 2. The molecule has 210 valence electrons. The highest BCUT2D eigenvalue weighted by Crippen LogP contribution is 2.32. The molecule has 0 bridgehead atoms. The minimum atomic E-state index is -0.991. The van der Waals surface area contributed by atoms with Crippen molar-refractivity contribution in [1.29, 1.82) is 0 Å². The fraction of sp³-hybridized carbons (Fsp3) is 0.152. The van der Waals surface area contributed by atoms with Gasteiger partial charge in [-0.2, -0.15) is 0 Å². The largest absolute Gasteiger partial charge is 0.493 e. The Hall–Kier alpha value is -5.44. The molecule has 42 heavy (non-hydrogen) atoms. The van der Waals surface area contributed by atoms with Gasteiger partial charge in [0, 0.05) is 17.7 Å². The van der Waals surface area contributed by atoms with E-state index in [1.807, 2.05) is 54.6 Å². The maximum atomic E-state index is 13.9. The molecule has 1 fully saturated rings. The van der Waals surface area contributed by atoms with Crippen molar-refractivity contribution in [1.82, 2.24) is 9.88 Å². The zero-order chi connectivity index (χ0) is 29.2. The molecule has 1 aliphatic heterocycles. The molecule has 0 radical (unpaired) electrons. The summed E-state index contributed by atoms with van der Waals surface area (Å²) in [6.07, 6.45) is -0.141. The highest BCUT2D eigenvalue weighted by atomic mass is 16.5. The van der Waals surface area contributed by atoms with E-state index in [2.05, 4.69) is 4.98 Å². The highest BCUT2D eigenvalue weighted by molar-refractivity contribution is 6.23. The van der Waals surface area contributed by atoms with Gasteiger partial charge in [-0.15, -0.1) is 0 Å². The van der Waals surface area contributed by atoms with Crippen LogP contribution in [0, 0.1) is 0 Å². The average Bonchev–Trinajstić information content (AvgIpc) is 3.59. The highest BCUT2D eigenvalue weighted by Gasteiger charge is 2.44. The third kappa shape index (κ3) is 4.96. The van der Waals surface area contributed by atoms with Crippen LogP contribution in [0.15, 0.2) is 101 Å². The molecule has 0 aliphatic carbocycles. The van der Waals surface area contributed by atoms with Crippen molar-refractivity contribution in [3.63, 3.8) is 0 Å². The van der Waals surface area contributed by atoms with E-state index in [-0.39, 0.29) is 13.0 Å². The van der Waals surface area contributed by atoms with E-state index in [4.69, 9.17) is 13.9 Å². The summed E-state index contributed by atoms with van der Waals surface area (Å²) < 4.78 is 16.5. The number of hydrogen-bond donors (Lipinski definition) is 0. The number of nitrogens with zero attached hydrogens (tertiary/aromatic N) is 3. The Morgan fingerprint density at radius 2 is 1.62 bits per heavy atom. The second-order valence-corrected chi connectivity index (χ2v) is 9.81. The van der Waals surface area contributed by atoms with Crippen LogP contribution < -0.4 is 14.4 Å². The zero-order valence-corrected chi connectivity index (χ0v) is 23.0. The number of rotatable bonds is 8. The Morgan fingerprint density at radius 3 is 2.33 bits per heavy atom. The first-order chi connectivity index (χ1) is 20.5. The number of carbonyl (C=O) groups excluding carboxylic acids is 3. The molecule has 1 unspecified atom stereocenters. The summed E-state index contributed by atoms with van der Waals surface area (Å²) in [7, 11) is 3.00. The summed E-state index contributed by atoms with van der Waals surface area (Å²) in [4.78, 5) is 48.1. The fourth-order valence-electron chi connectivity index (χ4n) is 5.12. The van der Waals surface area contributed by atoms with Gasteiger partial charge in [0.25, 0.3) is 11.8 Å². The first-order valence-electron chi connectivity index (χ1n) is 13.4. The molecule has 1 aromatic heterocycles. The Bertz CT molecular complexity index is 1750. The van der Waals surface area contributed by atoms with Crippen LogP contribution in [-0.2, 0) is 16.1 Å². The topological polar surface area (TPSA) is 102 Å². The molecule has 4 aromatic carbocycles. The number of benzene rings is 4. The van der Waals surface area contributed by atoms with Crippen LogP contribution >= 0.6 is 0 Å². The number of imide groups is 1. The van der Waals surface area contributed by atoms with Gasteiger partial charge in [0.2, 0.25) is 11.8 Å². The van der Waals surface area contributed by atoms with Crippen LogP contribution in [0.5, 0.6) is 11.5 Å². The van der Waals surface area contributed by atoms with Crippen molar-refractivity contribution in [3.8, 4) is 23.0 Å². The van der Waals surface area contributed by atoms with Crippen LogP contribution in [0.1, 0.15) is 22.3 Å². The first-order valence-corrected chi connectivity index (χ1v) is 13.4. The van der Waals surface area contributed by atoms with Crippen molar-refractivity contribution in [2.75, 3.05) is 19.1 Å². The quantitative estimate of drug-likeness (QED) is 0.231. The van der Waals surface area contributed by atoms with Crippen LogP contribution in [-0.4, -0.2) is 47.9 Å². The lowest BCUT2D eigenvalue weighted by Crippen LogP contribution is -2.45. The Kier molecular flexibility index (Phi) is 7.14. The monoisotopic (exact) mass is 561 g/mol. The van der Waals surface area contributed by atoms with E-state index < -0.39 is 23.8 Å². The lowest BCUT2D eigenvalue weighted by atomic mass is 10.1. The smallest absolute Gasteiger partial charge is 0.257 e. The number of aromatic nitrogens is 1. The maximum Gasteiger partial charge on any atom is 0.257 e. The van der Waals surface area contributed by atoms with E-state index in [0.717, 1.165) is 16.0 Å². The number of carbonyl (C=O) groups is 3. The number of anilines is 1. The molecule has 6 rings (SSSR count). The molecule has 1 atom stereocenters. The van der Waals surface area contributed by atoms with Crippen LogP contribution in [0.25, 0.3) is 22.6 Å². The summed E-state index contributed by atoms with van der Waals surface area (Å²) >= 11 is 0. The van der Waals surface area contributed by atoms with E-state index >= 15 is 0 Å². The van der Waals surface area contributed by atoms with Gasteiger partial charge in [0.05, 0.1) is 26.3 Å². The standard InChI is InChI=1S/C33H27N3O6/c1-40-28-17-14-23(18-29(28)41-2)32(38)35(20-21-8-4-3-5-9-21)26-19-30(37)36(33(26)39)24-15-12-22(13-16-24)31-34-25-10-6-7-11-27(25)42-31/h3-18,26H,19-20H2,1-2H3. The van der Waals surface area contributed by atoms with Gasteiger partial charge in [-0.1, -0.05) is 42.5 Å². The van der Waals surface area contributed by atoms with Crippen molar-refractivity contribution < 1.29 is 28.3 Å².